The van der Waals surface area contributed by atoms with E-state index in [0.717, 1.165) is 12.3 Å². The number of rotatable bonds is 6. The van der Waals surface area contributed by atoms with Gasteiger partial charge in [0.1, 0.15) is 6.10 Å². The topological polar surface area (TPSA) is 60.2 Å². The van der Waals surface area contributed by atoms with Gasteiger partial charge in [-0.05, 0) is 39.7 Å². The van der Waals surface area contributed by atoms with Crippen molar-refractivity contribution in [2.24, 2.45) is 5.92 Å². The Balaban J connectivity index is 1.95. The second-order valence-corrected chi connectivity index (χ2v) is 5.29. The minimum Gasteiger partial charge on any atom is -0.371 e. The molecule has 1 saturated carbocycles. The molecular formula is C14H25N3O2. The van der Waals surface area contributed by atoms with Gasteiger partial charge in [-0.1, -0.05) is 18.0 Å². The molecule has 3 unspecified atom stereocenters. The molecule has 1 aromatic rings. The van der Waals surface area contributed by atoms with Gasteiger partial charge in [-0.3, -0.25) is 0 Å². The van der Waals surface area contributed by atoms with Gasteiger partial charge in [0.2, 0.25) is 5.89 Å². The Hall–Kier alpha value is -0.940. The van der Waals surface area contributed by atoms with E-state index in [1.165, 1.54) is 25.7 Å². The Kier molecular flexibility index (Phi) is 5.34. The van der Waals surface area contributed by atoms with E-state index >= 15 is 0 Å². The lowest BCUT2D eigenvalue weighted by atomic mass is 9.82. The molecule has 108 valence electrons. The van der Waals surface area contributed by atoms with E-state index in [9.17, 15) is 0 Å². The summed E-state index contributed by atoms with van der Waals surface area (Å²) in [6.45, 7) is 4.58. The number of hydrogen-bond donors (Lipinski definition) is 1. The Labute approximate surface area is 115 Å². The number of nitrogens with one attached hydrogen (secondary N) is 1. The Morgan fingerprint density at radius 3 is 2.95 bits per heavy atom. The van der Waals surface area contributed by atoms with Crippen LogP contribution in [0.1, 0.15) is 57.3 Å². The third-order valence-corrected chi connectivity index (χ3v) is 3.98. The summed E-state index contributed by atoms with van der Waals surface area (Å²) in [5.74, 6) is 2.01. The molecule has 0 bridgehead atoms. The summed E-state index contributed by atoms with van der Waals surface area (Å²) in [6.07, 6.45) is 5.89. The van der Waals surface area contributed by atoms with Crippen molar-refractivity contribution in [3.05, 3.63) is 11.7 Å². The third-order valence-electron chi connectivity index (χ3n) is 3.98. The van der Waals surface area contributed by atoms with E-state index in [4.69, 9.17) is 9.26 Å². The van der Waals surface area contributed by atoms with Gasteiger partial charge in [-0.25, -0.2) is 0 Å². The van der Waals surface area contributed by atoms with E-state index in [2.05, 4.69) is 15.5 Å². The third kappa shape index (κ3) is 3.76. The van der Waals surface area contributed by atoms with E-state index in [1.807, 2.05) is 20.9 Å². The minimum atomic E-state index is -0.0889. The Morgan fingerprint density at radius 2 is 2.21 bits per heavy atom. The average molecular weight is 267 g/mol. The molecule has 0 amide bonds. The predicted octanol–water partition coefficient (Wildman–Crippen LogP) is 2.49. The fourth-order valence-corrected chi connectivity index (χ4v) is 2.90. The maximum Gasteiger partial charge on any atom is 0.227 e. The lowest BCUT2D eigenvalue weighted by Gasteiger charge is -2.30. The molecule has 1 N–H and O–H groups in total. The monoisotopic (exact) mass is 267 g/mol. The van der Waals surface area contributed by atoms with Gasteiger partial charge >= 0.3 is 0 Å². The van der Waals surface area contributed by atoms with Crippen LogP contribution >= 0.6 is 0 Å². The van der Waals surface area contributed by atoms with E-state index in [1.54, 1.807) is 0 Å². The second kappa shape index (κ2) is 7.01. The number of aromatic nitrogens is 2. The maximum atomic E-state index is 5.48. The van der Waals surface area contributed by atoms with Crippen LogP contribution in [0.15, 0.2) is 4.52 Å². The van der Waals surface area contributed by atoms with Crippen LogP contribution in [0.5, 0.6) is 0 Å². The highest BCUT2D eigenvalue weighted by molar-refractivity contribution is 4.93. The molecule has 5 heteroatoms. The molecule has 1 heterocycles. The van der Waals surface area contributed by atoms with E-state index in [-0.39, 0.29) is 6.10 Å². The molecule has 0 aliphatic heterocycles. The van der Waals surface area contributed by atoms with Crippen molar-refractivity contribution < 1.29 is 9.26 Å². The molecule has 1 fully saturated rings. The fourth-order valence-electron chi connectivity index (χ4n) is 2.90. The molecular weight excluding hydrogens is 242 g/mol. The first-order valence-corrected chi connectivity index (χ1v) is 7.36. The molecule has 1 aliphatic rings. The van der Waals surface area contributed by atoms with Gasteiger partial charge in [-0.15, -0.1) is 0 Å². The number of hydrogen-bond acceptors (Lipinski definition) is 5. The van der Waals surface area contributed by atoms with Crippen molar-refractivity contribution in [1.29, 1.82) is 0 Å². The van der Waals surface area contributed by atoms with Crippen molar-refractivity contribution in [2.45, 2.75) is 58.1 Å². The zero-order valence-corrected chi connectivity index (χ0v) is 12.2. The van der Waals surface area contributed by atoms with Gasteiger partial charge in [-0.2, -0.15) is 4.98 Å². The van der Waals surface area contributed by atoms with Crippen LogP contribution in [0.4, 0.5) is 0 Å². The summed E-state index contributed by atoms with van der Waals surface area (Å²) in [7, 11) is 2.04. The summed E-state index contributed by atoms with van der Waals surface area (Å²) in [5.41, 5.74) is 0. The van der Waals surface area contributed by atoms with Gasteiger partial charge in [0.05, 0.1) is 0 Å². The first-order valence-electron chi connectivity index (χ1n) is 7.36. The molecule has 0 aromatic carbocycles. The van der Waals surface area contributed by atoms with Crippen LogP contribution < -0.4 is 5.32 Å². The van der Waals surface area contributed by atoms with Crippen LogP contribution in [-0.2, 0) is 11.2 Å². The van der Waals surface area contributed by atoms with Gasteiger partial charge in [0.25, 0.3) is 0 Å². The van der Waals surface area contributed by atoms with E-state index in [0.29, 0.717) is 24.4 Å². The smallest absolute Gasteiger partial charge is 0.227 e. The minimum absolute atomic E-state index is 0.0889. The summed E-state index contributed by atoms with van der Waals surface area (Å²) in [5, 5.41) is 7.43. The fraction of sp³-hybridized carbons (Fsp3) is 0.857. The molecule has 3 atom stereocenters. The Bertz CT molecular complexity index is 381. The van der Waals surface area contributed by atoms with Crippen molar-refractivity contribution in [2.75, 3.05) is 13.7 Å². The zero-order valence-electron chi connectivity index (χ0n) is 12.2. The molecule has 1 aliphatic carbocycles. The number of nitrogens with zero attached hydrogens (tertiary/aromatic N) is 2. The average Bonchev–Trinajstić information content (AvgIpc) is 2.88. The molecule has 1 aromatic heterocycles. The van der Waals surface area contributed by atoms with Gasteiger partial charge < -0.3 is 14.6 Å². The van der Waals surface area contributed by atoms with Crippen LogP contribution in [0.2, 0.25) is 0 Å². The molecule has 0 spiro atoms. The molecule has 0 saturated heterocycles. The highest BCUT2D eigenvalue weighted by Crippen LogP contribution is 2.27. The van der Waals surface area contributed by atoms with Gasteiger partial charge in [0, 0.05) is 19.1 Å². The lowest BCUT2D eigenvalue weighted by Crippen LogP contribution is -2.37. The zero-order chi connectivity index (χ0) is 13.7. The largest absolute Gasteiger partial charge is 0.371 e. The van der Waals surface area contributed by atoms with Crippen molar-refractivity contribution in [1.82, 2.24) is 15.5 Å². The first kappa shape index (κ1) is 14.5. The highest BCUT2D eigenvalue weighted by atomic mass is 16.5. The standard InChI is InChI=1S/C14H25N3O2/c1-4-18-10(2)14-16-13(19-17-14)9-11-7-5-6-8-12(11)15-3/h10-12,15H,4-9H2,1-3H3. The lowest BCUT2D eigenvalue weighted by molar-refractivity contribution is 0.0683. The summed E-state index contributed by atoms with van der Waals surface area (Å²) in [6, 6.07) is 0.577. The van der Waals surface area contributed by atoms with E-state index < -0.39 is 0 Å². The van der Waals surface area contributed by atoms with Crippen molar-refractivity contribution in [3.63, 3.8) is 0 Å². The molecule has 19 heavy (non-hydrogen) atoms. The summed E-state index contributed by atoms with van der Waals surface area (Å²) in [4.78, 5) is 4.46. The van der Waals surface area contributed by atoms with Crippen LogP contribution in [0.3, 0.4) is 0 Å². The maximum absolute atomic E-state index is 5.48. The SMILES string of the molecule is CCOC(C)c1noc(CC2CCCCC2NC)n1. The van der Waals surface area contributed by atoms with Crippen molar-refractivity contribution in [3.8, 4) is 0 Å². The van der Waals surface area contributed by atoms with Gasteiger partial charge in [0.15, 0.2) is 5.82 Å². The molecule has 2 rings (SSSR count). The molecule has 5 nitrogen and oxygen atoms in total. The first-order chi connectivity index (χ1) is 9.24. The highest BCUT2D eigenvalue weighted by Gasteiger charge is 2.26. The normalized spacial score (nSPS) is 25.4. The number of ether oxygens (including phenoxy) is 1. The van der Waals surface area contributed by atoms with Crippen LogP contribution in [0.25, 0.3) is 0 Å². The molecule has 0 radical (unpaired) electrons. The summed E-state index contributed by atoms with van der Waals surface area (Å²) < 4.78 is 10.8. The van der Waals surface area contributed by atoms with Crippen LogP contribution in [-0.4, -0.2) is 29.8 Å². The van der Waals surface area contributed by atoms with Crippen molar-refractivity contribution >= 4 is 0 Å². The summed E-state index contributed by atoms with van der Waals surface area (Å²) >= 11 is 0. The Morgan fingerprint density at radius 1 is 1.42 bits per heavy atom. The predicted molar refractivity (Wildman–Crippen MR) is 72.8 cm³/mol. The van der Waals surface area contributed by atoms with Crippen LogP contribution in [0, 0.1) is 5.92 Å². The second-order valence-electron chi connectivity index (χ2n) is 5.29. The quantitative estimate of drug-likeness (QED) is 0.858.